The van der Waals surface area contributed by atoms with Crippen molar-refractivity contribution in [3.8, 4) is 0 Å². The van der Waals surface area contributed by atoms with Gasteiger partial charge in [0.1, 0.15) is 0 Å². The Labute approximate surface area is 219 Å². The molecule has 0 radical (unpaired) electrons. The summed E-state index contributed by atoms with van der Waals surface area (Å²) in [6.45, 7) is 8.80. The molecule has 1 aliphatic heterocycles. The minimum atomic E-state index is 0. The molecule has 0 aliphatic carbocycles. The van der Waals surface area contributed by atoms with E-state index >= 15 is 0 Å². The molecular formula is C27H37IN4O2. The Morgan fingerprint density at radius 2 is 1.91 bits per heavy atom. The number of rotatable bonds is 9. The van der Waals surface area contributed by atoms with E-state index < -0.39 is 0 Å². The van der Waals surface area contributed by atoms with Crippen LogP contribution in [0.3, 0.4) is 0 Å². The smallest absolute Gasteiger partial charge is 0.191 e. The maximum atomic E-state index is 6.07. The van der Waals surface area contributed by atoms with Crippen LogP contribution < -0.4 is 10.6 Å². The largest absolute Gasteiger partial charge is 0.381 e. The third-order valence-electron chi connectivity index (χ3n) is 6.09. The second-order valence-corrected chi connectivity index (χ2v) is 8.63. The van der Waals surface area contributed by atoms with Gasteiger partial charge in [0.25, 0.3) is 0 Å². The Kier molecular flexibility index (Phi) is 10.7. The van der Waals surface area contributed by atoms with E-state index in [9.17, 15) is 0 Å². The number of nitrogens with zero attached hydrogens (tertiary/aromatic N) is 1. The Morgan fingerprint density at radius 3 is 2.74 bits per heavy atom. The molecule has 4 rings (SSSR count). The quantitative estimate of drug-likeness (QED) is 0.189. The fraction of sp³-hybridized carbons (Fsp3) is 0.444. The molecule has 0 unspecified atom stereocenters. The molecule has 7 heteroatoms. The van der Waals surface area contributed by atoms with E-state index in [1.54, 1.807) is 0 Å². The number of aromatic amines is 1. The molecule has 184 valence electrons. The summed E-state index contributed by atoms with van der Waals surface area (Å²) in [6, 6.07) is 14.9. The first kappa shape index (κ1) is 26.5. The number of halogens is 1. The molecular weight excluding hydrogens is 539 g/mol. The molecule has 34 heavy (non-hydrogen) atoms. The van der Waals surface area contributed by atoms with Gasteiger partial charge in [-0.3, -0.25) is 0 Å². The van der Waals surface area contributed by atoms with E-state index in [1.807, 2.05) is 0 Å². The Balaban J connectivity index is 0.00000324. The summed E-state index contributed by atoms with van der Waals surface area (Å²) >= 11 is 0. The lowest BCUT2D eigenvalue weighted by molar-refractivity contribution is -0.0390. The predicted octanol–water partition coefficient (Wildman–Crippen LogP) is 5.09. The number of nitrogens with one attached hydrogen (secondary N) is 3. The molecule has 2 aromatic carbocycles. The first-order chi connectivity index (χ1) is 16.2. The zero-order valence-electron chi connectivity index (χ0n) is 20.2. The lowest BCUT2D eigenvalue weighted by Crippen LogP contribution is -2.38. The van der Waals surface area contributed by atoms with Crippen LogP contribution in [0.25, 0.3) is 10.9 Å². The highest BCUT2D eigenvalue weighted by molar-refractivity contribution is 14.0. The van der Waals surface area contributed by atoms with Gasteiger partial charge in [0.15, 0.2) is 5.96 Å². The van der Waals surface area contributed by atoms with Crippen LogP contribution in [0, 0.1) is 6.92 Å². The van der Waals surface area contributed by atoms with Crippen LogP contribution in [-0.2, 0) is 29.0 Å². The number of aliphatic imine (C=N–C) groups is 1. The number of hydrogen-bond acceptors (Lipinski definition) is 3. The number of aryl methyl sites for hydroxylation is 1. The van der Waals surface area contributed by atoms with Crippen molar-refractivity contribution in [2.75, 3.05) is 26.3 Å². The summed E-state index contributed by atoms with van der Waals surface area (Å²) in [7, 11) is 0. The van der Waals surface area contributed by atoms with Crippen LogP contribution in [0.5, 0.6) is 0 Å². The van der Waals surface area contributed by atoms with E-state index in [4.69, 9.17) is 14.5 Å². The first-order valence-electron chi connectivity index (χ1n) is 12.1. The van der Waals surface area contributed by atoms with Crippen LogP contribution in [0.2, 0.25) is 0 Å². The lowest BCUT2D eigenvalue weighted by Gasteiger charge is -2.22. The number of hydrogen-bond donors (Lipinski definition) is 3. The van der Waals surface area contributed by atoms with Gasteiger partial charge in [-0.1, -0.05) is 36.4 Å². The first-order valence-corrected chi connectivity index (χ1v) is 12.1. The summed E-state index contributed by atoms with van der Waals surface area (Å²) in [5.74, 6) is 0.845. The lowest BCUT2D eigenvalue weighted by atomic mass is 10.1. The van der Waals surface area contributed by atoms with Crippen molar-refractivity contribution in [1.29, 1.82) is 0 Å². The van der Waals surface area contributed by atoms with Gasteiger partial charge in [-0.2, -0.15) is 0 Å². The molecule has 2 heterocycles. The third kappa shape index (κ3) is 7.45. The second-order valence-electron chi connectivity index (χ2n) is 8.63. The van der Waals surface area contributed by atoms with Gasteiger partial charge >= 0.3 is 0 Å². The minimum absolute atomic E-state index is 0. The highest BCUT2D eigenvalue weighted by Crippen LogP contribution is 2.22. The van der Waals surface area contributed by atoms with Gasteiger partial charge in [0, 0.05) is 43.4 Å². The maximum absolute atomic E-state index is 6.07. The van der Waals surface area contributed by atoms with Gasteiger partial charge in [-0.05, 0) is 61.4 Å². The Bertz CT molecular complexity index is 1060. The normalized spacial score (nSPS) is 14.7. The van der Waals surface area contributed by atoms with Gasteiger partial charge in [-0.15, -0.1) is 24.0 Å². The number of aromatic nitrogens is 1. The van der Waals surface area contributed by atoms with Crippen LogP contribution in [0.15, 0.2) is 53.7 Å². The number of ether oxygens (including phenoxy) is 2. The molecule has 0 spiro atoms. The van der Waals surface area contributed by atoms with Crippen molar-refractivity contribution in [2.45, 2.75) is 52.4 Å². The molecule has 0 saturated carbocycles. The Morgan fingerprint density at radius 1 is 1.12 bits per heavy atom. The van der Waals surface area contributed by atoms with E-state index in [2.05, 4.69) is 78.1 Å². The molecule has 3 N–H and O–H groups in total. The van der Waals surface area contributed by atoms with Crippen molar-refractivity contribution in [3.05, 3.63) is 70.9 Å². The summed E-state index contributed by atoms with van der Waals surface area (Å²) < 4.78 is 11.5. The summed E-state index contributed by atoms with van der Waals surface area (Å²) in [5.41, 5.74) is 6.23. The molecule has 0 bridgehead atoms. The fourth-order valence-electron chi connectivity index (χ4n) is 4.35. The molecule has 0 amide bonds. The van der Waals surface area contributed by atoms with Crippen molar-refractivity contribution in [1.82, 2.24) is 15.6 Å². The highest BCUT2D eigenvalue weighted by Gasteiger charge is 2.14. The predicted molar refractivity (Wildman–Crippen MR) is 150 cm³/mol. The maximum Gasteiger partial charge on any atom is 0.191 e. The molecule has 1 fully saturated rings. The molecule has 3 aromatic rings. The van der Waals surface area contributed by atoms with Crippen LogP contribution in [-0.4, -0.2) is 43.4 Å². The molecule has 1 aromatic heterocycles. The zero-order chi connectivity index (χ0) is 22.9. The van der Waals surface area contributed by atoms with E-state index in [-0.39, 0.29) is 24.0 Å². The third-order valence-corrected chi connectivity index (χ3v) is 6.09. The van der Waals surface area contributed by atoms with Crippen LogP contribution in [0.4, 0.5) is 0 Å². The standard InChI is InChI=1S/C27H36N4O2.HI/c1-3-28-27(29-13-10-23-18-30-25-9-4-6-20(2)26(23)25)31-17-21-7-5-8-22(16-21)19-33-24-11-14-32-15-12-24;/h4-9,16,18,24,30H,3,10-15,17,19H2,1-2H3,(H2,28,29,31);1H. The van der Waals surface area contributed by atoms with Crippen LogP contribution in [0.1, 0.15) is 42.0 Å². The van der Waals surface area contributed by atoms with Gasteiger partial charge < -0.3 is 25.1 Å². The van der Waals surface area contributed by atoms with Gasteiger partial charge in [0.05, 0.1) is 19.3 Å². The summed E-state index contributed by atoms with van der Waals surface area (Å²) in [4.78, 5) is 8.19. The average molecular weight is 577 g/mol. The number of benzene rings is 2. The van der Waals surface area contributed by atoms with E-state index in [0.29, 0.717) is 19.3 Å². The number of H-pyrrole nitrogens is 1. The van der Waals surface area contributed by atoms with Crippen molar-refractivity contribution < 1.29 is 9.47 Å². The van der Waals surface area contributed by atoms with E-state index in [1.165, 1.54) is 33.2 Å². The zero-order valence-corrected chi connectivity index (χ0v) is 22.6. The molecule has 1 aliphatic rings. The highest BCUT2D eigenvalue weighted by atomic mass is 127. The van der Waals surface area contributed by atoms with Gasteiger partial charge in [-0.25, -0.2) is 4.99 Å². The summed E-state index contributed by atoms with van der Waals surface area (Å²) in [6.07, 6.45) is 5.34. The number of guanidine groups is 1. The molecule has 6 nitrogen and oxygen atoms in total. The van der Waals surface area contributed by atoms with Gasteiger partial charge in [0.2, 0.25) is 0 Å². The SMILES string of the molecule is CCNC(=NCc1cccc(COC2CCOCC2)c1)NCCc1c[nH]c2cccc(C)c12.I. The van der Waals surface area contributed by atoms with Crippen molar-refractivity contribution in [3.63, 3.8) is 0 Å². The van der Waals surface area contributed by atoms with Crippen molar-refractivity contribution >= 4 is 40.8 Å². The fourth-order valence-corrected chi connectivity index (χ4v) is 4.35. The minimum Gasteiger partial charge on any atom is -0.381 e. The number of fused-ring (bicyclic) bond motifs is 1. The topological polar surface area (TPSA) is 70.7 Å². The monoisotopic (exact) mass is 576 g/mol. The molecule has 1 saturated heterocycles. The van der Waals surface area contributed by atoms with Crippen molar-refractivity contribution in [2.24, 2.45) is 4.99 Å². The summed E-state index contributed by atoms with van der Waals surface area (Å²) in [5, 5.41) is 8.18. The van der Waals surface area contributed by atoms with E-state index in [0.717, 1.165) is 51.5 Å². The second kappa shape index (κ2) is 13.7. The van der Waals surface area contributed by atoms with Crippen LogP contribution >= 0.6 is 24.0 Å². The average Bonchev–Trinajstić information content (AvgIpc) is 3.26. The Hall–Kier alpha value is -2.10. The molecule has 0 atom stereocenters.